The van der Waals surface area contributed by atoms with Crippen LogP contribution in [0, 0.1) is 17.7 Å². The zero-order valence-electron chi connectivity index (χ0n) is 10.00. The Labute approximate surface area is 110 Å². The van der Waals surface area contributed by atoms with E-state index in [1.54, 1.807) is 6.07 Å². The summed E-state index contributed by atoms with van der Waals surface area (Å²) in [6.45, 7) is 2.21. The van der Waals surface area contributed by atoms with E-state index in [1.165, 1.54) is 25.0 Å². The van der Waals surface area contributed by atoms with Gasteiger partial charge in [0.25, 0.3) is 0 Å². The summed E-state index contributed by atoms with van der Waals surface area (Å²) in [5, 5.41) is 10.3. The van der Waals surface area contributed by atoms with Gasteiger partial charge in [-0.15, -0.1) is 0 Å². The molecule has 0 spiro atoms. The minimum absolute atomic E-state index is 0.246. The van der Waals surface area contributed by atoms with Crippen molar-refractivity contribution in [3.05, 3.63) is 34.1 Å². The topological polar surface area (TPSA) is 20.2 Å². The van der Waals surface area contributed by atoms with Crippen LogP contribution in [0.5, 0.6) is 0 Å². The van der Waals surface area contributed by atoms with Crippen molar-refractivity contribution in [1.82, 2.24) is 0 Å². The van der Waals surface area contributed by atoms with E-state index >= 15 is 0 Å². The van der Waals surface area contributed by atoms with Gasteiger partial charge in [0.2, 0.25) is 0 Å². The summed E-state index contributed by atoms with van der Waals surface area (Å²) in [6, 6.07) is 4.66. The number of hydrogen-bond donors (Lipinski definition) is 1. The molecule has 0 saturated heterocycles. The molecule has 1 fully saturated rings. The Morgan fingerprint density at radius 3 is 2.82 bits per heavy atom. The van der Waals surface area contributed by atoms with E-state index in [-0.39, 0.29) is 11.9 Å². The quantitative estimate of drug-likeness (QED) is 0.897. The first-order valence-electron chi connectivity index (χ1n) is 6.20. The summed E-state index contributed by atoms with van der Waals surface area (Å²) in [4.78, 5) is 0. The van der Waals surface area contributed by atoms with Crippen molar-refractivity contribution >= 4 is 15.9 Å². The van der Waals surface area contributed by atoms with E-state index in [2.05, 4.69) is 22.9 Å². The maximum absolute atomic E-state index is 13.0. The van der Waals surface area contributed by atoms with E-state index < -0.39 is 0 Å². The largest absolute Gasteiger partial charge is 0.392 e. The molecule has 2 rings (SSSR count). The summed E-state index contributed by atoms with van der Waals surface area (Å²) in [5.41, 5.74) is 0.984. The molecule has 1 aliphatic carbocycles. The third-order valence-corrected chi connectivity index (χ3v) is 4.60. The maximum atomic E-state index is 13.0. The minimum atomic E-state index is -0.311. The summed E-state index contributed by atoms with van der Waals surface area (Å²) in [7, 11) is 0. The van der Waals surface area contributed by atoms with Gasteiger partial charge >= 0.3 is 0 Å². The van der Waals surface area contributed by atoms with Crippen molar-refractivity contribution in [1.29, 1.82) is 0 Å². The van der Waals surface area contributed by atoms with Gasteiger partial charge in [-0.25, -0.2) is 4.39 Å². The van der Waals surface area contributed by atoms with Gasteiger partial charge < -0.3 is 5.11 Å². The lowest BCUT2D eigenvalue weighted by Gasteiger charge is -2.22. The van der Waals surface area contributed by atoms with Gasteiger partial charge in [0.1, 0.15) is 5.82 Å². The summed E-state index contributed by atoms with van der Waals surface area (Å²) < 4.78 is 13.7. The fourth-order valence-corrected chi connectivity index (χ4v) is 3.32. The van der Waals surface area contributed by atoms with Crippen molar-refractivity contribution in [3.8, 4) is 0 Å². The Kier molecular flexibility index (Phi) is 4.21. The average Bonchev–Trinajstić information content (AvgIpc) is 2.68. The molecule has 94 valence electrons. The molecule has 1 saturated carbocycles. The first-order valence-corrected chi connectivity index (χ1v) is 6.99. The highest BCUT2D eigenvalue weighted by atomic mass is 79.9. The fraction of sp³-hybridized carbons (Fsp3) is 0.571. The molecule has 0 amide bonds. The van der Waals surface area contributed by atoms with Crippen LogP contribution in [0.2, 0.25) is 0 Å². The van der Waals surface area contributed by atoms with Gasteiger partial charge in [0, 0.05) is 4.47 Å². The van der Waals surface area contributed by atoms with Crippen LogP contribution in [-0.2, 0) is 6.42 Å². The first kappa shape index (κ1) is 13.0. The number of hydrogen-bond acceptors (Lipinski definition) is 1. The Balaban J connectivity index is 2.04. The highest BCUT2D eigenvalue weighted by molar-refractivity contribution is 9.10. The number of aliphatic hydroxyl groups excluding tert-OH is 1. The van der Waals surface area contributed by atoms with Gasteiger partial charge in [0.05, 0.1) is 6.10 Å². The van der Waals surface area contributed by atoms with Crippen molar-refractivity contribution in [2.45, 2.75) is 38.7 Å². The third kappa shape index (κ3) is 3.08. The number of aliphatic hydroxyl groups is 1. The van der Waals surface area contributed by atoms with Crippen LogP contribution in [0.15, 0.2) is 22.7 Å². The molecule has 1 N–H and O–H groups in total. The standard InChI is InChI=1S/C14H18BrFO/c1-9-3-2-4-12(9)14(17)7-10-5-6-11(16)8-13(10)15/h5-6,8-9,12,14,17H,2-4,7H2,1H3. The average molecular weight is 301 g/mol. The third-order valence-electron chi connectivity index (χ3n) is 3.87. The summed E-state index contributed by atoms with van der Waals surface area (Å²) in [5.74, 6) is 0.750. The Bertz CT molecular complexity index is 394. The molecule has 0 bridgehead atoms. The van der Waals surface area contributed by atoms with E-state index in [1.807, 2.05) is 0 Å². The Morgan fingerprint density at radius 2 is 2.24 bits per heavy atom. The highest BCUT2D eigenvalue weighted by Crippen LogP contribution is 2.35. The van der Waals surface area contributed by atoms with E-state index in [9.17, 15) is 9.50 Å². The van der Waals surface area contributed by atoms with Gasteiger partial charge in [-0.1, -0.05) is 41.8 Å². The summed E-state index contributed by atoms with van der Waals surface area (Å²) >= 11 is 3.35. The highest BCUT2D eigenvalue weighted by Gasteiger charge is 2.29. The SMILES string of the molecule is CC1CCCC1C(O)Cc1ccc(F)cc1Br. The summed E-state index contributed by atoms with van der Waals surface area (Å²) in [6.07, 6.45) is 3.84. The first-order chi connectivity index (χ1) is 8.08. The molecule has 0 aliphatic heterocycles. The van der Waals surface area contributed by atoms with Crippen molar-refractivity contribution in [3.63, 3.8) is 0 Å². The lowest BCUT2D eigenvalue weighted by Crippen LogP contribution is -2.24. The predicted molar refractivity (Wildman–Crippen MR) is 70.3 cm³/mol. The lowest BCUT2D eigenvalue weighted by molar-refractivity contribution is 0.0900. The van der Waals surface area contributed by atoms with Crippen molar-refractivity contribution in [2.24, 2.45) is 11.8 Å². The molecule has 3 heteroatoms. The molecule has 1 aromatic carbocycles. The predicted octanol–water partition coefficient (Wildman–Crippen LogP) is 3.93. The monoisotopic (exact) mass is 300 g/mol. The zero-order valence-corrected chi connectivity index (χ0v) is 11.6. The smallest absolute Gasteiger partial charge is 0.124 e. The maximum Gasteiger partial charge on any atom is 0.124 e. The zero-order chi connectivity index (χ0) is 12.4. The van der Waals surface area contributed by atoms with Crippen LogP contribution in [0.3, 0.4) is 0 Å². The van der Waals surface area contributed by atoms with Gasteiger partial charge in [-0.3, -0.25) is 0 Å². The Hall–Kier alpha value is -0.410. The lowest BCUT2D eigenvalue weighted by atomic mass is 9.88. The fourth-order valence-electron chi connectivity index (χ4n) is 2.81. The van der Waals surface area contributed by atoms with E-state index in [0.29, 0.717) is 18.3 Å². The molecule has 0 heterocycles. The molecule has 17 heavy (non-hydrogen) atoms. The second-order valence-corrected chi connectivity index (χ2v) is 5.93. The van der Waals surface area contributed by atoms with E-state index in [0.717, 1.165) is 16.5 Å². The number of halogens is 2. The number of benzene rings is 1. The molecule has 0 radical (unpaired) electrons. The van der Waals surface area contributed by atoms with Gasteiger partial charge in [-0.05, 0) is 42.4 Å². The van der Waals surface area contributed by atoms with Crippen LogP contribution in [0.25, 0.3) is 0 Å². The minimum Gasteiger partial charge on any atom is -0.392 e. The molecule has 1 aromatic rings. The van der Waals surface area contributed by atoms with Crippen LogP contribution in [-0.4, -0.2) is 11.2 Å². The van der Waals surface area contributed by atoms with Gasteiger partial charge in [0.15, 0.2) is 0 Å². The molecular weight excluding hydrogens is 283 g/mol. The molecule has 1 nitrogen and oxygen atoms in total. The van der Waals surface area contributed by atoms with Crippen LogP contribution in [0.4, 0.5) is 4.39 Å². The van der Waals surface area contributed by atoms with Crippen molar-refractivity contribution in [2.75, 3.05) is 0 Å². The second kappa shape index (κ2) is 5.49. The second-order valence-electron chi connectivity index (χ2n) is 5.08. The van der Waals surface area contributed by atoms with E-state index in [4.69, 9.17) is 0 Å². The Morgan fingerprint density at radius 1 is 1.47 bits per heavy atom. The molecule has 3 unspecified atom stereocenters. The molecule has 0 aromatic heterocycles. The number of rotatable bonds is 3. The van der Waals surface area contributed by atoms with Crippen LogP contribution >= 0.6 is 15.9 Å². The normalized spacial score (nSPS) is 26.1. The molecule has 3 atom stereocenters. The molecule has 1 aliphatic rings. The van der Waals surface area contributed by atoms with Gasteiger partial charge in [-0.2, -0.15) is 0 Å². The van der Waals surface area contributed by atoms with Crippen LogP contribution in [0.1, 0.15) is 31.7 Å². The van der Waals surface area contributed by atoms with Crippen LogP contribution < -0.4 is 0 Å². The van der Waals surface area contributed by atoms with Crippen molar-refractivity contribution < 1.29 is 9.50 Å². The molecular formula is C14H18BrFO.